The van der Waals surface area contributed by atoms with Gasteiger partial charge in [-0.05, 0) is 37.1 Å². The standard InChI is InChI=1S/C26H30N6O4/c1-17-7-8-18(2)19(14-17)15-32-21(27-23-22(32)25(34)29(4)26(35)28(23)3)16-30-9-11-31(12-10-30)24(33)20-6-5-13-36-20/h5-8,13-14H,9-12,15-16H2,1-4H3. The number of hydrogen-bond acceptors (Lipinski definition) is 6. The number of aromatic nitrogens is 4. The van der Waals surface area contributed by atoms with Crippen molar-refractivity contribution >= 4 is 17.1 Å². The highest BCUT2D eigenvalue weighted by atomic mass is 16.3. The van der Waals surface area contributed by atoms with Gasteiger partial charge in [0.25, 0.3) is 11.5 Å². The van der Waals surface area contributed by atoms with E-state index in [0.717, 1.165) is 27.1 Å². The van der Waals surface area contributed by atoms with Gasteiger partial charge in [-0.15, -0.1) is 0 Å². The molecule has 1 aliphatic heterocycles. The van der Waals surface area contributed by atoms with Crippen LogP contribution in [0.25, 0.3) is 11.2 Å². The minimum Gasteiger partial charge on any atom is -0.459 e. The number of carbonyl (C=O) groups is 1. The number of amides is 1. The first-order chi connectivity index (χ1) is 17.2. The molecule has 10 heteroatoms. The SMILES string of the molecule is Cc1ccc(C)c(Cn2c(CN3CCN(C(=O)c4ccco4)CC3)nc3c2c(=O)n(C)c(=O)n3C)c1. The molecule has 5 rings (SSSR count). The second kappa shape index (κ2) is 9.27. The molecule has 0 atom stereocenters. The third-order valence-electron chi connectivity index (χ3n) is 7.02. The number of hydrogen-bond donors (Lipinski definition) is 0. The average Bonchev–Trinajstić information content (AvgIpc) is 3.53. The number of aryl methyl sites for hydroxylation is 3. The fraction of sp³-hybridized carbons (Fsp3) is 0.385. The molecule has 1 saturated heterocycles. The minimum atomic E-state index is -0.402. The number of rotatable bonds is 5. The number of benzene rings is 1. The maximum absolute atomic E-state index is 13.2. The van der Waals surface area contributed by atoms with Gasteiger partial charge >= 0.3 is 5.69 Å². The first-order valence-electron chi connectivity index (χ1n) is 12.0. The van der Waals surface area contributed by atoms with Gasteiger partial charge in [0.1, 0.15) is 5.82 Å². The smallest absolute Gasteiger partial charge is 0.332 e. The van der Waals surface area contributed by atoms with Crippen molar-refractivity contribution in [2.75, 3.05) is 26.2 Å². The van der Waals surface area contributed by atoms with E-state index in [1.165, 1.54) is 17.9 Å². The normalized spacial score (nSPS) is 14.6. The maximum Gasteiger partial charge on any atom is 0.332 e. The molecule has 0 N–H and O–H groups in total. The van der Waals surface area contributed by atoms with Crippen molar-refractivity contribution in [1.29, 1.82) is 0 Å². The molecular formula is C26H30N6O4. The van der Waals surface area contributed by atoms with Gasteiger partial charge in [0.15, 0.2) is 16.9 Å². The van der Waals surface area contributed by atoms with Gasteiger partial charge in [-0.25, -0.2) is 9.78 Å². The summed E-state index contributed by atoms with van der Waals surface area (Å²) in [6.45, 7) is 7.53. The van der Waals surface area contributed by atoms with Crippen LogP contribution >= 0.6 is 0 Å². The Hall–Kier alpha value is -3.92. The summed E-state index contributed by atoms with van der Waals surface area (Å²) in [7, 11) is 3.14. The molecule has 0 aliphatic carbocycles. The Balaban J connectivity index is 1.48. The highest BCUT2D eigenvalue weighted by Crippen LogP contribution is 2.20. The van der Waals surface area contributed by atoms with Gasteiger partial charge < -0.3 is 13.9 Å². The Morgan fingerprint density at radius 3 is 2.44 bits per heavy atom. The Bertz CT molecular complexity index is 1550. The third-order valence-corrected chi connectivity index (χ3v) is 7.02. The van der Waals surface area contributed by atoms with Gasteiger partial charge in [-0.2, -0.15) is 0 Å². The molecule has 36 heavy (non-hydrogen) atoms. The number of imidazole rings is 1. The van der Waals surface area contributed by atoms with Gasteiger partial charge in [0.05, 0.1) is 12.8 Å². The van der Waals surface area contributed by atoms with Gasteiger partial charge in [-0.1, -0.05) is 23.8 Å². The van der Waals surface area contributed by atoms with Crippen molar-refractivity contribution in [2.24, 2.45) is 14.1 Å². The second-order valence-electron chi connectivity index (χ2n) is 9.47. The molecule has 1 fully saturated rings. The van der Waals surface area contributed by atoms with Crippen molar-refractivity contribution in [1.82, 2.24) is 28.5 Å². The zero-order valence-corrected chi connectivity index (χ0v) is 21.0. The van der Waals surface area contributed by atoms with Crippen LogP contribution in [0.1, 0.15) is 33.1 Å². The predicted molar refractivity (Wildman–Crippen MR) is 135 cm³/mol. The minimum absolute atomic E-state index is 0.111. The Kier molecular flexibility index (Phi) is 6.13. The number of piperazine rings is 1. The van der Waals surface area contributed by atoms with Crippen LogP contribution in [0.3, 0.4) is 0 Å². The topological polar surface area (TPSA) is 98.5 Å². The van der Waals surface area contributed by atoms with Crippen molar-refractivity contribution in [2.45, 2.75) is 26.9 Å². The molecule has 4 heterocycles. The van der Waals surface area contributed by atoms with Gasteiger partial charge in [-0.3, -0.25) is 23.6 Å². The number of fused-ring (bicyclic) bond motifs is 1. The monoisotopic (exact) mass is 490 g/mol. The molecule has 0 saturated carbocycles. The summed E-state index contributed by atoms with van der Waals surface area (Å²) >= 11 is 0. The summed E-state index contributed by atoms with van der Waals surface area (Å²) in [6, 6.07) is 9.65. The summed E-state index contributed by atoms with van der Waals surface area (Å²) in [5, 5.41) is 0. The first kappa shape index (κ1) is 23.8. The molecule has 0 radical (unpaired) electrons. The van der Waals surface area contributed by atoms with Crippen molar-refractivity contribution < 1.29 is 9.21 Å². The van der Waals surface area contributed by atoms with E-state index in [0.29, 0.717) is 56.2 Å². The molecular weight excluding hydrogens is 460 g/mol. The highest BCUT2D eigenvalue weighted by molar-refractivity contribution is 5.91. The zero-order chi connectivity index (χ0) is 25.6. The third kappa shape index (κ3) is 4.17. The van der Waals surface area contributed by atoms with Crippen LogP contribution in [0.2, 0.25) is 0 Å². The maximum atomic E-state index is 13.2. The van der Waals surface area contributed by atoms with E-state index in [4.69, 9.17) is 9.40 Å². The Morgan fingerprint density at radius 1 is 1.00 bits per heavy atom. The van der Waals surface area contributed by atoms with Gasteiger partial charge in [0, 0.05) is 46.8 Å². The van der Waals surface area contributed by atoms with E-state index in [9.17, 15) is 14.4 Å². The van der Waals surface area contributed by atoms with Crippen LogP contribution in [-0.4, -0.2) is 60.6 Å². The Labute approximate surface area is 208 Å². The first-order valence-corrected chi connectivity index (χ1v) is 12.0. The summed E-state index contributed by atoms with van der Waals surface area (Å²) in [4.78, 5) is 47.2. The molecule has 1 aromatic carbocycles. The molecule has 4 aromatic rings. The highest BCUT2D eigenvalue weighted by Gasteiger charge is 2.26. The summed E-state index contributed by atoms with van der Waals surface area (Å²) < 4.78 is 9.76. The Morgan fingerprint density at radius 2 is 1.75 bits per heavy atom. The van der Waals surface area contributed by atoms with Crippen molar-refractivity contribution in [3.05, 3.63) is 85.7 Å². The van der Waals surface area contributed by atoms with E-state index >= 15 is 0 Å². The van der Waals surface area contributed by atoms with Crippen LogP contribution < -0.4 is 11.2 Å². The largest absolute Gasteiger partial charge is 0.459 e. The summed E-state index contributed by atoms with van der Waals surface area (Å²) in [5.41, 5.74) is 3.41. The molecule has 0 bridgehead atoms. The molecule has 0 unspecified atom stereocenters. The summed E-state index contributed by atoms with van der Waals surface area (Å²) in [5.74, 6) is 0.950. The van der Waals surface area contributed by atoms with Crippen LogP contribution in [0, 0.1) is 13.8 Å². The fourth-order valence-corrected chi connectivity index (χ4v) is 4.79. The summed E-state index contributed by atoms with van der Waals surface area (Å²) in [6.07, 6.45) is 1.50. The molecule has 1 amide bonds. The van der Waals surface area contributed by atoms with Crippen LogP contribution in [0.4, 0.5) is 0 Å². The average molecular weight is 491 g/mol. The molecule has 188 valence electrons. The van der Waals surface area contributed by atoms with Crippen molar-refractivity contribution in [3.8, 4) is 0 Å². The molecule has 1 aliphatic rings. The molecule has 10 nitrogen and oxygen atoms in total. The predicted octanol–water partition coefficient (Wildman–Crippen LogP) is 1.65. The number of carbonyl (C=O) groups excluding carboxylic acids is 1. The van der Waals surface area contributed by atoms with Crippen molar-refractivity contribution in [3.63, 3.8) is 0 Å². The molecule has 0 spiro atoms. The molecule has 3 aromatic heterocycles. The lowest BCUT2D eigenvalue weighted by Gasteiger charge is -2.34. The lowest BCUT2D eigenvalue weighted by Crippen LogP contribution is -2.48. The lowest BCUT2D eigenvalue weighted by atomic mass is 10.1. The fourth-order valence-electron chi connectivity index (χ4n) is 4.79. The van der Waals surface area contributed by atoms with Gasteiger partial charge in [0.2, 0.25) is 0 Å². The van der Waals surface area contributed by atoms with E-state index in [2.05, 4.69) is 30.0 Å². The zero-order valence-electron chi connectivity index (χ0n) is 21.0. The van der Waals surface area contributed by atoms with E-state index in [1.807, 2.05) is 11.5 Å². The number of furan rings is 1. The van der Waals surface area contributed by atoms with E-state index < -0.39 is 5.69 Å². The van der Waals surface area contributed by atoms with Crippen LogP contribution in [-0.2, 0) is 27.2 Å². The second-order valence-corrected chi connectivity index (χ2v) is 9.47. The van der Waals surface area contributed by atoms with E-state index in [-0.39, 0.29) is 11.5 Å². The number of nitrogens with zero attached hydrogens (tertiary/aromatic N) is 6. The quantitative estimate of drug-likeness (QED) is 0.422. The van der Waals surface area contributed by atoms with Crippen LogP contribution in [0.5, 0.6) is 0 Å². The van der Waals surface area contributed by atoms with Crippen LogP contribution in [0.15, 0.2) is 50.6 Å². The van der Waals surface area contributed by atoms with E-state index in [1.54, 1.807) is 24.1 Å². The lowest BCUT2D eigenvalue weighted by molar-refractivity contribution is 0.0594.